The highest BCUT2D eigenvalue weighted by Gasteiger charge is 2.22. The average Bonchev–Trinajstić information content (AvgIpc) is 2.39. The van der Waals surface area contributed by atoms with Crippen LogP contribution in [0, 0.1) is 6.92 Å². The van der Waals surface area contributed by atoms with E-state index in [9.17, 15) is 8.42 Å². The van der Waals surface area contributed by atoms with Crippen molar-refractivity contribution < 1.29 is 13.2 Å². The Kier molecular flexibility index (Phi) is 6.34. The van der Waals surface area contributed by atoms with Crippen molar-refractivity contribution in [1.29, 1.82) is 0 Å². The second-order valence-corrected chi connectivity index (χ2v) is 7.40. The van der Waals surface area contributed by atoms with Crippen molar-refractivity contribution in [3.8, 4) is 0 Å². The largest absolute Gasteiger partial charge is 0.375 e. The monoisotopic (exact) mass is 314 g/mol. The summed E-state index contributed by atoms with van der Waals surface area (Å²) in [6.45, 7) is 9.00. The third kappa shape index (κ3) is 5.39. The Balaban J connectivity index is 2.90. The van der Waals surface area contributed by atoms with Crippen molar-refractivity contribution in [2.75, 3.05) is 20.2 Å². The lowest BCUT2D eigenvalue weighted by molar-refractivity contribution is -0.00515. The highest BCUT2D eigenvalue weighted by atomic mass is 32.2. The van der Waals surface area contributed by atoms with E-state index < -0.39 is 15.6 Å². The number of rotatable bonds is 8. The first-order valence-electron chi connectivity index (χ1n) is 7.09. The van der Waals surface area contributed by atoms with Crippen molar-refractivity contribution in [1.82, 2.24) is 10.0 Å². The smallest absolute Gasteiger partial charge is 0.240 e. The molecule has 6 heteroatoms. The summed E-state index contributed by atoms with van der Waals surface area (Å²) in [6, 6.07) is 5.17. The molecule has 21 heavy (non-hydrogen) atoms. The van der Waals surface area contributed by atoms with Crippen LogP contribution in [0.25, 0.3) is 0 Å². The lowest BCUT2D eigenvalue weighted by Gasteiger charge is -2.24. The molecule has 0 saturated heterocycles. The van der Waals surface area contributed by atoms with Crippen molar-refractivity contribution in [2.45, 2.75) is 44.7 Å². The second-order valence-electron chi connectivity index (χ2n) is 5.64. The molecule has 0 aliphatic carbocycles. The zero-order chi connectivity index (χ0) is 16.1. The van der Waals surface area contributed by atoms with Crippen LogP contribution < -0.4 is 10.0 Å². The Labute approximate surface area is 128 Å². The van der Waals surface area contributed by atoms with Crippen molar-refractivity contribution in [2.24, 2.45) is 0 Å². The zero-order valence-corrected chi connectivity index (χ0v) is 14.3. The van der Waals surface area contributed by atoms with Crippen LogP contribution in [0.3, 0.4) is 0 Å². The quantitative estimate of drug-likeness (QED) is 0.768. The van der Waals surface area contributed by atoms with Gasteiger partial charge in [0.15, 0.2) is 0 Å². The van der Waals surface area contributed by atoms with Crippen molar-refractivity contribution in [3.05, 3.63) is 29.3 Å². The summed E-state index contributed by atoms with van der Waals surface area (Å²) in [4.78, 5) is 0.283. The van der Waals surface area contributed by atoms with Gasteiger partial charge in [-0.05, 0) is 58.0 Å². The van der Waals surface area contributed by atoms with E-state index >= 15 is 0 Å². The van der Waals surface area contributed by atoms with E-state index in [0.717, 1.165) is 11.1 Å². The van der Waals surface area contributed by atoms with Crippen LogP contribution in [0.1, 0.15) is 31.9 Å². The molecule has 0 unspecified atom stereocenters. The molecular weight excluding hydrogens is 288 g/mol. The summed E-state index contributed by atoms with van der Waals surface area (Å²) in [5, 5.41) is 3.04. The van der Waals surface area contributed by atoms with Crippen LogP contribution in [0.2, 0.25) is 0 Å². The molecule has 1 rings (SSSR count). The molecule has 0 spiro atoms. The summed E-state index contributed by atoms with van der Waals surface area (Å²) in [5.41, 5.74) is 1.52. The number of hydrogen-bond acceptors (Lipinski definition) is 4. The van der Waals surface area contributed by atoms with E-state index in [-0.39, 0.29) is 11.4 Å². The van der Waals surface area contributed by atoms with Gasteiger partial charge in [0.2, 0.25) is 10.0 Å². The first-order valence-corrected chi connectivity index (χ1v) is 8.58. The first kappa shape index (κ1) is 18.1. The number of hydrogen-bond donors (Lipinski definition) is 2. The molecule has 0 radical (unpaired) electrons. The summed E-state index contributed by atoms with van der Waals surface area (Å²) < 4.78 is 32.8. The summed E-state index contributed by atoms with van der Waals surface area (Å²) in [7, 11) is -1.69. The summed E-state index contributed by atoms with van der Waals surface area (Å²) in [6.07, 6.45) is 0. The Morgan fingerprint density at radius 1 is 1.29 bits per heavy atom. The van der Waals surface area contributed by atoms with E-state index in [1.165, 1.54) is 0 Å². The minimum atomic E-state index is -3.53. The number of nitrogens with one attached hydrogen (secondary N) is 2. The molecule has 0 atom stereocenters. The van der Waals surface area contributed by atoms with Crippen LogP contribution in [-0.2, 0) is 21.3 Å². The van der Waals surface area contributed by atoms with Crippen LogP contribution in [0.4, 0.5) is 0 Å². The van der Waals surface area contributed by atoms with Crippen LogP contribution >= 0.6 is 0 Å². The van der Waals surface area contributed by atoms with Gasteiger partial charge in [-0.3, -0.25) is 0 Å². The molecule has 120 valence electrons. The third-order valence-electron chi connectivity index (χ3n) is 3.22. The number of aryl methyl sites for hydroxylation is 1. The van der Waals surface area contributed by atoms with E-state index in [2.05, 4.69) is 10.0 Å². The predicted molar refractivity (Wildman–Crippen MR) is 84.8 cm³/mol. The van der Waals surface area contributed by atoms with Gasteiger partial charge in [0.25, 0.3) is 0 Å². The first-order chi connectivity index (χ1) is 9.72. The van der Waals surface area contributed by atoms with Crippen LogP contribution in [0.15, 0.2) is 23.1 Å². The normalized spacial score (nSPS) is 12.6. The van der Waals surface area contributed by atoms with Gasteiger partial charge in [-0.1, -0.05) is 6.07 Å². The van der Waals surface area contributed by atoms with Gasteiger partial charge in [-0.2, -0.15) is 0 Å². The zero-order valence-electron chi connectivity index (χ0n) is 13.5. The maximum atomic E-state index is 12.4. The van der Waals surface area contributed by atoms with Gasteiger partial charge in [0.1, 0.15) is 0 Å². The highest BCUT2D eigenvalue weighted by molar-refractivity contribution is 7.89. The van der Waals surface area contributed by atoms with E-state index in [0.29, 0.717) is 13.2 Å². The SMILES string of the molecule is CCOC(C)(C)CNS(=O)(=O)c1ccc(C)c(CNC)c1. The fourth-order valence-electron chi connectivity index (χ4n) is 1.99. The predicted octanol–water partition coefficient (Wildman–Crippen LogP) is 1.81. The van der Waals surface area contributed by atoms with Crippen molar-refractivity contribution in [3.63, 3.8) is 0 Å². The van der Waals surface area contributed by atoms with Crippen molar-refractivity contribution >= 4 is 10.0 Å². The third-order valence-corrected chi connectivity index (χ3v) is 4.62. The van der Waals surface area contributed by atoms with E-state index in [4.69, 9.17) is 4.74 Å². The Hall–Kier alpha value is -0.950. The fraction of sp³-hybridized carbons (Fsp3) is 0.600. The molecule has 0 heterocycles. The molecule has 0 fully saturated rings. The molecule has 0 aliphatic rings. The lowest BCUT2D eigenvalue weighted by Crippen LogP contribution is -2.40. The molecule has 1 aromatic rings. The standard InChI is InChI=1S/C15H26N2O3S/c1-6-20-15(3,4)11-17-21(18,19)14-8-7-12(2)13(9-14)10-16-5/h7-9,16-17H,6,10-11H2,1-5H3. The van der Waals surface area contributed by atoms with E-state index in [1.54, 1.807) is 12.1 Å². The molecule has 0 saturated carbocycles. The van der Waals surface area contributed by atoms with Gasteiger partial charge in [-0.15, -0.1) is 0 Å². The van der Waals surface area contributed by atoms with Gasteiger partial charge in [-0.25, -0.2) is 13.1 Å². The Bertz CT molecular complexity index is 568. The summed E-state index contributed by atoms with van der Waals surface area (Å²) >= 11 is 0. The molecule has 0 aromatic heterocycles. The summed E-state index contributed by atoms with van der Waals surface area (Å²) in [5.74, 6) is 0. The minimum absolute atomic E-state index is 0.235. The minimum Gasteiger partial charge on any atom is -0.375 e. The maximum Gasteiger partial charge on any atom is 0.240 e. The molecular formula is C15H26N2O3S. The highest BCUT2D eigenvalue weighted by Crippen LogP contribution is 2.16. The molecule has 2 N–H and O–H groups in total. The molecule has 1 aromatic carbocycles. The number of ether oxygens (including phenoxy) is 1. The van der Waals surface area contributed by atoms with Crippen LogP contribution in [-0.4, -0.2) is 34.2 Å². The van der Waals surface area contributed by atoms with Gasteiger partial charge in [0.05, 0.1) is 10.5 Å². The Morgan fingerprint density at radius 3 is 2.52 bits per heavy atom. The Morgan fingerprint density at radius 2 is 1.95 bits per heavy atom. The number of benzene rings is 1. The molecule has 5 nitrogen and oxygen atoms in total. The van der Waals surface area contributed by atoms with Gasteiger partial charge < -0.3 is 10.1 Å². The topological polar surface area (TPSA) is 67.4 Å². The fourth-order valence-corrected chi connectivity index (χ4v) is 3.24. The van der Waals surface area contributed by atoms with Crippen LogP contribution in [0.5, 0.6) is 0 Å². The molecule has 0 aliphatic heterocycles. The van der Waals surface area contributed by atoms with Gasteiger partial charge >= 0.3 is 0 Å². The average molecular weight is 314 g/mol. The number of sulfonamides is 1. The maximum absolute atomic E-state index is 12.4. The second kappa shape index (κ2) is 7.35. The van der Waals surface area contributed by atoms with Gasteiger partial charge in [0, 0.05) is 19.7 Å². The lowest BCUT2D eigenvalue weighted by atomic mass is 10.1. The van der Waals surface area contributed by atoms with E-state index in [1.807, 2.05) is 40.8 Å². The molecule has 0 amide bonds. The molecule has 0 bridgehead atoms.